The van der Waals surface area contributed by atoms with Gasteiger partial charge in [0.1, 0.15) is 0 Å². The summed E-state index contributed by atoms with van der Waals surface area (Å²) in [5.41, 5.74) is 0.998. The summed E-state index contributed by atoms with van der Waals surface area (Å²) in [6.07, 6.45) is 1.06. The molecule has 0 radical (unpaired) electrons. The Morgan fingerprint density at radius 1 is 0.926 bits per heavy atom. The molecule has 2 rings (SSSR count). The largest absolute Gasteiger partial charge is 0.339 e. The number of piperazine rings is 1. The van der Waals surface area contributed by atoms with Crippen molar-refractivity contribution in [2.45, 2.75) is 46.0 Å². The minimum absolute atomic E-state index is 0.180. The van der Waals surface area contributed by atoms with Crippen LogP contribution in [0.15, 0.2) is 30.3 Å². The molecular formula is C22H35N3O2. The van der Waals surface area contributed by atoms with Crippen molar-refractivity contribution in [3.05, 3.63) is 35.9 Å². The maximum atomic E-state index is 12.8. The molecule has 27 heavy (non-hydrogen) atoms. The van der Waals surface area contributed by atoms with E-state index < -0.39 is 0 Å². The maximum Gasteiger partial charge on any atom is 0.223 e. The van der Waals surface area contributed by atoms with E-state index >= 15 is 0 Å². The van der Waals surface area contributed by atoms with Gasteiger partial charge in [-0.15, -0.1) is 0 Å². The molecular weight excluding hydrogens is 338 g/mol. The molecule has 1 heterocycles. The van der Waals surface area contributed by atoms with Crippen LogP contribution in [-0.4, -0.2) is 72.3 Å². The molecule has 0 aromatic heterocycles. The minimum Gasteiger partial charge on any atom is -0.339 e. The van der Waals surface area contributed by atoms with Crippen molar-refractivity contribution >= 4 is 11.8 Å². The molecule has 5 heteroatoms. The number of nitrogens with zero attached hydrogens (tertiary/aromatic N) is 3. The molecule has 150 valence electrons. The van der Waals surface area contributed by atoms with E-state index in [-0.39, 0.29) is 17.2 Å². The Morgan fingerprint density at radius 2 is 1.44 bits per heavy atom. The molecule has 0 saturated carbocycles. The van der Waals surface area contributed by atoms with E-state index in [1.807, 2.05) is 28.0 Å². The lowest BCUT2D eigenvalue weighted by Gasteiger charge is -2.37. The van der Waals surface area contributed by atoms with Crippen molar-refractivity contribution < 1.29 is 9.59 Å². The highest BCUT2D eigenvalue weighted by Crippen LogP contribution is 2.27. The predicted octanol–water partition coefficient (Wildman–Crippen LogP) is 2.76. The molecule has 1 aromatic carbocycles. The van der Waals surface area contributed by atoms with Gasteiger partial charge in [-0.2, -0.15) is 0 Å². The number of rotatable bonds is 8. The molecule has 1 aliphatic heterocycles. The lowest BCUT2D eigenvalue weighted by atomic mass is 9.81. The van der Waals surface area contributed by atoms with E-state index in [2.05, 4.69) is 44.7 Å². The number of carbonyl (C=O) groups is 2. The lowest BCUT2D eigenvalue weighted by molar-refractivity contribution is -0.140. The van der Waals surface area contributed by atoms with Crippen LogP contribution in [0, 0.1) is 0 Å². The van der Waals surface area contributed by atoms with Gasteiger partial charge in [0.2, 0.25) is 11.8 Å². The zero-order chi connectivity index (χ0) is 19.9. The average Bonchev–Trinajstić information content (AvgIpc) is 2.69. The third-order valence-corrected chi connectivity index (χ3v) is 5.67. The molecule has 1 fully saturated rings. The van der Waals surface area contributed by atoms with Gasteiger partial charge >= 0.3 is 0 Å². The average molecular weight is 374 g/mol. The van der Waals surface area contributed by atoms with Crippen LogP contribution in [-0.2, 0) is 15.0 Å². The number of hydrogen-bond acceptors (Lipinski definition) is 3. The summed E-state index contributed by atoms with van der Waals surface area (Å²) in [7, 11) is 0. The fourth-order valence-electron chi connectivity index (χ4n) is 3.64. The van der Waals surface area contributed by atoms with E-state index in [0.717, 1.165) is 19.6 Å². The van der Waals surface area contributed by atoms with Gasteiger partial charge in [0.25, 0.3) is 0 Å². The van der Waals surface area contributed by atoms with Crippen LogP contribution in [0.1, 0.15) is 46.1 Å². The fourth-order valence-corrected chi connectivity index (χ4v) is 3.64. The second kappa shape index (κ2) is 9.88. The third-order valence-electron chi connectivity index (χ3n) is 5.67. The van der Waals surface area contributed by atoms with E-state index in [0.29, 0.717) is 39.0 Å². The van der Waals surface area contributed by atoms with Gasteiger partial charge in [0.15, 0.2) is 0 Å². The maximum absolute atomic E-state index is 12.8. The van der Waals surface area contributed by atoms with Crippen molar-refractivity contribution in [2.24, 2.45) is 0 Å². The predicted molar refractivity (Wildman–Crippen MR) is 110 cm³/mol. The number of carbonyl (C=O) groups excluding carboxylic acids is 2. The number of amides is 2. The van der Waals surface area contributed by atoms with Crippen LogP contribution in [0.3, 0.4) is 0 Å². The summed E-state index contributed by atoms with van der Waals surface area (Å²) in [5, 5.41) is 0. The van der Waals surface area contributed by atoms with Crippen molar-refractivity contribution in [2.75, 3.05) is 45.8 Å². The molecule has 0 N–H and O–H groups in total. The molecule has 0 atom stereocenters. The fraction of sp³-hybridized carbons (Fsp3) is 0.636. The highest BCUT2D eigenvalue weighted by Gasteiger charge is 2.29. The third kappa shape index (κ3) is 6.06. The molecule has 1 aromatic rings. The van der Waals surface area contributed by atoms with Gasteiger partial charge in [-0.05, 0) is 24.1 Å². The molecule has 0 bridgehead atoms. The van der Waals surface area contributed by atoms with Crippen LogP contribution in [0.2, 0.25) is 0 Å². The summed E-state index contributed by atoms with van der Waals surface area (Å²) < 4.78 is 0. The molecule has 1 saturated heterocycles. The topological polar surface area (TPSA) is 43.9 Å². The Morgan fingerprint density at radius 3 is 1.96 bits per heavy atom. The van der Waals surface area contributed by atoms with Crippen molar-refractivity contribution in [1.82, 2.24) is 14.7 Å². The monoisotopic (exact) mass is 373 g/mol. The van der Waals surface area contributed by atoms with Gasteiger partial charge in [0.05, 0.1) is 0 Å². The van der Waals surface area contributed by atoms with Crippen LogP contribution in [0.5, 0.6) is 0 Å². The van der Waals surface area contributed by atoms with Gasteiger partial charge < -0.3 is 14.7 Å². The first-order chi connectivity index (χ1) is 12.9. The Labute approximate surface area is 164 Å². The van der Waals surface area contributed by atoms with E-state index in [1.165, 1.54) is 5.56 Å². The van der Waals surface area contributed by atoms with Crippen molar-refractivity contribution in [3.63, 3.8) is 0 Å². The van der Waals surface area contributed by atoms with Crippen LogP contribution >= 0.6 is 0 Å². The SMILES string of the molecule is CCN(CC)CCC(=O)N1CCN(C(=O)CC(C)(C)c2ccccc2)CC1. The lowest BCUT2D eigenvalue weighted by Crippen LogP contribution is -2.51. The summed E-state index contributed by atoms with van der Waals surface area (Å²) in [6.45, 7) is 13.8. The van der Waals surface area contributed by atoms with Gasteiger partial charge in [-0.25, -0.2) is 0 Å². The quantitative estimate of drug-likeness (QED) is 0.704. The highest BCUT2D eigenvalue weighted by molar-refractivity contribution is 5.79. The molecule has 2 amide bonds. The second-order valence-corrected chi connectivity index (χ2v) is 7.97. The molecule has 0 unspecified atom stereocenters. The van der Waals surface area contributed by atoms with E-state index in [1.54, 1.807) is 0 Å². The Bertz CT molecular complexity index is 603. The van der Waals surface area contributed by atoms with E-state index in [9.17, 15) is 9.59 Å². The number of benzene rings is 1. The second-order valence-electron chi connectivity index (χ2n) is 7.97. The Kier molecular flexibility index (Phi) is 7.84. The zero-order valence-corrected chi connectivity index (χ0v) is 17.4. The molecule has 5 nitrogen and oxygen atoms in total. The first kappa shape index (κ1) is 21.4. The summed E-state index contributed by atoms with van der Waals surface area (Å²) in [6, 6.07) is 10.2. The summed E-state index contributed by atoms with van der Waals surface area (Å²) >= 11 is 0. The summed E-state index contributed by atoms with van der Waals surface area (Å²) in [5.74, 6) is 0.387. The molecule has 1 aliphatic rings. The Hall–Kier alpha value is -1.88. The van der Waals surface area contributed by atoms with Gasteiger partial charge in [-0.3, -0.25) is 9.59 Å². The molecule has 0 spiro atoms. The first-order valence-corrected chi connectivity index (χ1v) is 10.2. The Balaban J connectivity index is 1.81. The first-order valence-electron chi connectivity index (χ1n) is 10.2. The van der Waals surface area contributed by atoms with Crippen molar-refractivity contribution in [1.29, 1.82) is 0 Å². The van der Waals surface area contributed by atoms with Crippen molar-refractivity contribution in [3.8, 4) is 0 Å². The van der Waals surface area contributed by atoms with Gasteiger partial charge in [0, 0.05) is 45.6 Å². The van der Waals surface area contributed by atoms with Crippen LogP contribution < -0.4 is 0 Å². The smallest absolute Gasteiger partial charge is 0.223 e. The standard InChI is InChI=1S/C22H35N3O2/c1-5-23(6-2)13-12-20(26)24-14-16-25(17-15-24)21(27)18-22(3,4)19-10-8-7-9-11-19/h7-11H,5-6,12-18H2,1-4H3. The number of hydrogen-bond donors (Lipinski definition) is 0. The normalized spacial score (nSPS) is 15.3. The highest BCUT2D eigenvalue weighted by atomic mass is 16.2. The summed E-state index contributed by atoms with van der Waals surface area (Å²) in [4.78, 5) is 31.3. The molecule has 0 aliphatic carbocycles. The minimum atomic E-state index is -0.185. The van der Waals surface area contributed by atoms with Crippen LogP contribution in [0.25, 0.3) is 0 Å². The van der Waals surface area contributed by atoms with E-state index in [4.69, 9.17) is 0 Å². The van der Waals surface area contributed by atoms with Gasteiger partial charge in [-0.1, -0.05) is 58.0 Å². The van der Waals surface area contributed by atoms with Crippen LogP contribution in [0.4, 0.5) is 0 Å². The zero-order valence-electron chi connectivity index (χ0n) is 17.4.